The summed E-state index contributed by atoms with van der Waals surface area (Å²) in [4.78, 5) is 8.26. The van der Waals surface area contributed by atoms with Crippen molar-refractivity contribution >= 4 is 5.82 Å². The lowest BCUT2D eigenvalue weighted by atomic mass is 10.5. The van der Waals surface area contributed by atoms with Gasteiger partial charge in [-0.2, -0.15) is 0 Å². The molecule has 0 spiro atoms. The van der Waals surface area contributed by atoms with E-state index < -0.39 is 0 Å². The van der Waals surface area contributed by atoms with Crippen LogP contribution in [0.5, 0.6) is 0 Å². The fourth-order valence-corrected chi connectivity index (χ4v) is 1.13. The molecule has 0 saturated carbocycles. The van der Waals surface area contributed by atoms with E-state index in [-0.39, 0.29) is 0 Å². The highest BCUT2D eigenvalue weighted by Crippen LogP contribution is 1.99. The molecule has 1 aromatic heterocycles. The first-order valence-electron chi connectivity index (χ1n) is 5.06. The zero-order chi connectivity index (χ0) is 10.9. The maximum atomic E-state index is 4.92. The molecule has 0 saturated heterocycles. The Bertz CT molecular complexity index is 280. The number of rotatable bonds is 7. The molecule has 0 unspecified atom stereocenters. The number of nitrogens with zero attached hydrogens (tertiary/aromatic N) is 2. The second kappa shape index (κ2) is 7.14. The van der Waals surface area contributed by atoms with Crippen LogP contribution in [-0.2, 0) is 4.74 Å². The van der Waals surface area contributed by atoms with Gasteiger partial charge in [0.1, 0.15) is 11.6 Å². The minimum Gasteiger partial charge on any atom is -0.383 e. The van der Waals surface area contributed by atoms with Crippen molar-refractivity contribution in [2.24, 2.45) is 0 Å². The Labute approximate surface area is 90.3 Å². The van der Waals surface area contributed by atoms with Gasteiger partial charge in [0.25, 0.3) is 0 Å². The van der Waals surface area contributed by atoms with Crippen molar-refractivity contribution in [3.63, 3.8) is 0 Å². The van der Waals surface area contributed by atoms with Crippen molar-refractivity contribution in [2.45, 2.75) is 6.92 Å². The molecule has 0 atom stereocenters. The summed E-state index contributed by atoms with van der Waals surface area (Å²) in [5.41, 5.74) is 0. The van der Waals surface area contributed by atoms with Gasteiger partial charge in [-0.1, -0.05) is 0 Å². The number of hydrogen-bond donors (Lipinski definition) is 2. The summed E-state index contributed by atoms with van der Waals surface area (Å²) in [6.07, 6.45) is 1.75. The van der Waals surface area contributed by atoms with E-state index in [1.54, 1.807) is 13.3 Å². The van der Waals surface area contributed by atoms with Gasteiger partial charge in [-0.25, -0.2) is 9.97 Å². The van der Waals surface area contributed by atoms with Gasteiger partial charge in [0.2, 0.25) is 0 Å². The fourth-order valence-electron chi connectivity index (χ4n) is 1.13. The van der Waals surface area contributed by atoms with Gasteiger partial charge in [-0.05, 0) is 13.0 Å². The molecule has 2 N–H and O–H groups in total. The Kier molecular flexibility index (Phi) is 5.65. The summed E-state index contributed by atoms with van der Waals surface area (Å²) < 4.78 is 4.92. The van der Waals surface area contributed by atoms with Crippen molar-refractivity contribution in [2.75, 3.05) is 38.7 Å². The largest absolute Gasteiger partial charge is 0.383 e. The normalized spacial score (nSPS) is 10.3. The van der Waals surface area contributed by atoms with E-state index >= 15 is 0 Å². The van der Waals surface area contributed by atoms with Gasteiger partial charge in [0.15, 0.2) is 0 Å². The Morgan fingerprint density at radius 1 is 1.33 bits per heavy atom. The van der Waals surface area contributed by atoms with Crippen LogP contribution in [0.15, 0.2) is 12.3 Å². The molecule has 0 aliphatic rings. The average molecular weight is 210 g/mol. The second-order valence-electron chi connectivity index (χ2n) is 3.16. The van der Waals surface area contributed by atoms with Crippen molar-refractivity contribution in [3.05, 3.63) is 18.1 Å². The molecule has 1 heterocycles. The molecule has 0 bridgehead atoms. The smallest absolute Gasteiger partial charge is 0.129 e. The van der Waals surface area contributed by atoms with E-state index in [0.717, 1.165) is 37.9 Å². The van der Waals surface area contributed by atoms with Crippen molar-refractivity contribution in [1.29, 1.82) is 0 Å². The number of ether oxygens (including phenoxy) is 1. The molecular formula is C10H18N4O. The van der Waals surface area contributed by atoms with Crippen LogP contribution in [0.25, 0.3) is 0 Å². The average Bonchev–Trinajstić information content (AvgIpc) is 2.23. The van der Waals surface area contributed by atoms with Crippen LogP contribution in [0, 0.1) is 6.92 Å². The number of hydrogen-bond acceptors (Lipinski definition) is 5. The third-order valence-electron chi connectivity index (χ3n) is 1.87. The van der Waals surface area contributed by atoms with Crippen LogP contribution in [-0.4, -0.2) is 43.3 Å². The highest BCUT2D eigenvalue weighted by Gasteiger charge is 1.93. The van der Waals surface area contributed by atoms with Crippen LogP contribution < -0.4 is 10.6 Å². The summed E-state index contributed by atoms with van der Waals surface area (Å²) in [5, 5.41) is 6.45. The Morgan fingerprint density at radius 2 is 2.20 bits per heavy atom. The molecule has 0 fully saturated rings. The maximum absolute atomic E-state index is 4.92. The zero-order valence-corrected chi connectivity index (χ0v) is 9.29. The minimum atomic E-state index is 0.743. The summed E-state index contributed by atoms with van der Waals surface area (Å²) in [5.74, 6) is 1.66. The first-order valence-corrected chi connectivity index (χ1v) is 5.06. The number of anilines is 1. The van der Waals surface area contributed by atoms with Crippen molar-refractivity contribution in [3.8, 4) is 0 Å². The van der Waals surface area contributed by atoms with Gasteiger partial charge in [-0.3, -0.25) is 0 Å². The first kappa shape index (κ1) is 11.9. The van der Waals surface area contributed by atoms with Gasteiger partial charge in [-0.15, -0.1) is 0 Å². The Hall–Kier alpha value is -1.20. The molecule has 5 heteroatoms. The Morgan fingerprint density at radius 3 is 2.93 bits per heavy atom. The molecule has 0 aromatic carbocycles. The number of aromatic nitrogens is 2. The van der Waals surface area contributed by atoms with Gasteiger partial charge >= 0.3 is 0 Å². The van der Waals surface area contributed by atoms with Crippen LogP contribution >= 0.6 is 0 Å². The van der Waals surface area contributed by atoms with Crippen molar-refractivity contribution in [1.82, 2.24) is 15.3 Å². The van der Waals surface area contributed by atoms with Gasteiger partial charge < -0.3 is 15.4 Å². The van der Waals surface area contributed by atoms with E-state index in [1.807, 2.05) is 13.0 Å². The van der Waals surface area contributed by atoms with Crippen LogP contribution in [0.1, 0.15) is 5.82 Å². The lowest BCUT2D eigenvalue weighted by molar-refractivity contribution is 0.200. The molecule has 5 nitrogen and oxygen atoms in total. The third kappa shape index (κ3) is 5.29. The predicted molar refractivity (Wildman–Crippen MR) is 60.0 cm³/mol. The molecule has 84 valence electrons. The molecule has 0 aliphatic carbocycles. The van der Waals surface area contributed by atoms with Gasteiger partial charge in [0.05, 0.1) is 6.61 Å². The molecule has 1 aromatic rings. The predicted octanol–water partition coefficient (Wildman–Crippen LogP) is 0.433. The summed E-state index contributed by atoms with van der Waals surface area (Å²) in [6.45, 7) is 5.24. The monoisotopic (exact) mass is 210 g/mol. The minimum absolute atomic E-state index is 0.743. The molecular weight excluding hydrogens is 192 g/mol. The zero-order valence-electron chi connectivity index (χ0n) is 9.29. The standard InChI is InChI=1S/C10H18N4O/c1-9-12-4-3-10(14-9)13-6-5-11-7-8-15-2/h3-4,11H,5-8H2,1-2H3,(H,12,13,14). The number of aryl methyl sites for hydroxylation is 1. The quantitative estimate of drug-likeness (QED) is 0.639. The topological polar surface area (TPSA) is 59.1 Å². The highest BCUT2D eigenvalue weighted by atomic mass is 16.5. The molecule has 15 heavy (non-hydrogen) atoms. The van der Waals surface area contributed by atoms with E-state index in [2.05, 4.69) is 20.6 Å². The maximum Gasteiger partial charge on any atom is 0.129 e. The van der Waals surface area contributed by atoms with E-state index in [4.69, 9.17) is 4.74 Å². The summed E-state index contributed by atoms with van der Waals surface area (Å²) >= 11 is 0. The van der Waals surface area contributed by atoms with E-state index in [9.17, 15) is 0 Å². The SMILES string of the molecule is COCCNCCNc1ccnc(C)n1. The van der Waals surface area contributed by atoms with Gasteiger partial charge in [0, 0.05) is 32.9 Å². The van der Waals surface area contributed by atoms with E-state index in [0.29, 0.717) is 0 Å². The lowest BCUT2D eigenvalue weighted by Gasteiger charge is -2.06. The second-order valence-corrected chi connectivity index (χ2v) is 3.16. The third-order valence-corrected chi connectivity index (χ3v) is 1.87. The van der Waals surface area contributed by atoms with E-state index in [1.165, 1.54) is 0 Å². The van der Waals surface area contributed by atoms with Crippen LogP contribution in [0.3, 0.4) is 0 Å². The lowest BCUT2D eigenvalue weighted by Crippen LogP contribution is -2.25. The molecule has 0 radical (unpaired) electrons. The van der Waals surface area contributed by atoms with Crippen molar-refractivity contribution < 1.29 is 4.74 Å². The molecule has 1 rings (SSSR count). The fraction of sp³-hybridized carbons (Fsp3) is 0.600. The van der Waals surface area contributed by atoms with Crippen LogP contribution in [0.4, 0.5) is 5.82 Å². The first-order chi connectivity index (χ1) is 7.33. The number of methoxy groups -OCH3 is 1. The number of nitrogens with one attached hydrogen (secondary N) is 2. The summed E-state index contributed by atoms with van der Waals surface area (Å²) in [6, 6.07) is 1.86. The highest BCUT2D eigenvalue weighted by molar-refractivity contribution is 5.32. The van der Waals surface area contributed by atoms with Crippen LogP contribution in [0.2, 0.25) is 0 Å². The molecule has 0 aliphatic heterocycles. The summed E-state index contributed by atoms with van der Waals surface area (Å²) in [7, 11) is 1.70. The molecule has 0 amide bonds. The Balaban J connectivity index is 2.10.